The lowest BCUT2D eigenvalue weighted by atomic mass is 10.2. The maximum absolute atomic E-state index is 12.1. The normalized spacial score (nSPS) is 15.9. The summed E-state index contributed by atoms with van der Waals surface area (Å²) in [4.78, 5) is 18.1. The first-order chi connectivity index (χ1) is 10.1. The predicted molar refractivity (Wildman–Crippen MR) is 89.6 cm³/mol. The monoisotopic (exact) mass is 336 g/mol. The number of thioether (sulfide) groups is 1. The van der Waals surface area contributed by atoms with Crippen LogP contribution >= 0.6 is 35.0 Å². The largest absolute Gasteiger partial charge is 0.310 e. The van der Waals surface area contributed by atoms with Crippen LogP contribution in [0.5, 0.6) is 0 Å². The molecule has 0 aromatic heterocycles. The second-order valence-corrected chi connectivity index (χ2v) is 6.18. The number of aliphatic imine (C=N–C) groups is 1. The van der Waals surface area contributed by atoms with E-state index in [9.17, 15) is 4.79 Å². The Balaban J connectivity index is 1.84. The average Bonchev–Trinajstić information content (AvgIpc) is 2.43. The molecule has 1 amide bonds. The number of hydrogen-bond acceptors (Lipinski definition) is 2. The highest BCUT2D eigenvalue weighted by atomic mass is 35.5. The van der Waals surface area contributed by atoms with Gasteiger partial charge in [0, 0.05) is 21.3 Å². The summed E-state index contributed by atoms with van der Waals surface area (Å²) >= 11 is 13.5. The van der Waals surface area contributed by atoms with E-state index in [0.29, 0.717) is 20.8 Å². The minimum absolute atomic E-state index is 0.254. The Kier molecular flexibility index (Phi) is 4.19. The molecule has 0 N–H and O–H groups in total. The lowest BCUT2D eigenvalue weighted by Gasteiger charge is -2.33. The molecule has 106 valence electrons. The molecule has 21 heavy (non-hydrogen) atoms. The van der Waals surface area contributed by atoms with Gasteiger partial charge in [0.2, 0.25) is 0 Å². The van der Waals surface area contributed by atoms with Crippen molar-refractivity contribution in [2.75, 3.05) is 10.8 Å². The Labute approximate surface area is 136 Å². The molecule has 1 aliphatic rings. The van der Waals surface area contributed by atoms with E-state index < -0.39 is 0 Å². The van der Waals surface area contributed by atoms with Crippen molar-refractivity contribution < 1.29 is 4.79 Å². The first-order valence-corrected chi connectivity index (χ1v) is 7.92. The average molecular weight is 337 g/mol. The van der Waals surface area contributed by atoms with E-state index in [1.54, 1.807) is 30.3 Å². The maximum Gasteiger partial charge on any atom is 0.279 e. The van der Waals surface area contributed by atoms with Gasteiger partial charge in [-0.1, -0.05) is 53.2 Å². The molecule has 2 aromatic carbocycles. The molecule has 1 heterocycles. The van der Waals surface area contributed by atoms with Crippen LogP contribution in [0.15, 0.2) is 53.5 Å². The van der Waals surface area contributed by atoms with Crippen molar-refractivity contribution in [3.8, 4) is 0 Å². The highest BCUT2D eigenvalue weighted by Gasteiger charge is 2.26. The molecule has 0 atom stereocenters. The molecular formula is C15H10Cl2N2OS. The molecule has 1 fully saturated rings. The van der Waals surface area contributed by atoms with E-state index in [1.807, 2.05) is 23.1 Å². The van der Waals surface area contributed by atoms with Crippen molar-refractivity contribution in [1.29, 1.82) is 0 Å². The molecule has 0 spiro atoms. The van der Waals surface area contributed by atoms with Gasteiger partial charge in [0.05, 0.1) is 5.88 Å². The smallest absolute Gasteiger partial charge is 0.279 e. The molecule has 1 aliphatic heterocycles. The van der Waals surface area contributed by atoms with E-state index in [-0.39, 0.29) is 5.91 Å². The van der Waals surface area contributed by atoms with Crippen molar-refractivity contribution in [2.24, 2.45) is 4.99 Å². The number of carbonyl (C=O) groups excluding carboxylic acids is 1. The highest BCUT2D eigenvalue weighted by Crippen LogP contribution is 2.34. The Morgan fingerprint density at radius 2 is 1.76 bits per heavy atom. The van der Waals surface area contributed by atoms with E-state index in [4.69, 9.17) is 23.2 Å². The summed E-state index contributed by atoms with van der Waals surface area (Å²) in [6, 6.07) is 14.3. The van der Waals surface area contributed by atoms with Gasteiger partial charge in [-0.2, -0.15) is 4.99 Å². The van der Waals surface area contributed by atoms with E-state index in [0.717, 1.165) is 11.6 Å². The third-order valence-corrected chi connectivity index (χ3v) is 4.32. The molecule has 0 saturated carbocycles. The number of amides is 1. The highest BCUT2D eigenvalue weighted by molar-refractivity contribution is 8.16. The molecule has 1 saturated heterocycles. The first kappa shape index (κ1) is 14.4. The van der Waals surface area contributed by atoms with Crippen LogP contribution in [0.25, 0.3) is 0 Å². The van der Waals surface area contributed by atoms with Crippen molar-refractivity contribution in [3.05, 3.63) is 64.1 Å². The van der Waals surface area contributed by atoms with Crippen LogP contribution < -0.4 is 4.90 Å². The second kappa shape index (κ2) is 6.10. The number of rotatable bonds is 2. The molecule has 0 radical (unpaired) electrons. The summed E-state index contributed by atoms with van der Waals surface area (Å²) in [6.45, 7) is 0. The van der Waals surface area contributed by atoms with Gasteiger partial charge in [-0.05, 0) is 30.3 Å². The van der Waals surface area contributed by atoms with Crippen LogP contribution in [0.2, 0.25) is 10.0 Å². The molecule has 6 heteroatoms. The van der Waals surface area contributed by atoms with E-state index >= 15 is 0 Å². The van der Waals surface area contributed by atoms with E-state index in [1.165, 1.54) is 11.8 Å². The Morgan fingerprint density at radius 3 is 2.33 bits per heavy atom. The molecule has 0 bridgehead atoms. The zero-order valence-corrected chi connectivity index (χ0v) is 13.1. The van der Waals surface area contributed by atoms with Crippen LogP contribution in [0, 0.1) is 0 Å². The zero-order valence-electron chi connectivity index (χ0n) is 10.8. The number of nitrogens with zero attached hydrogens (tertiary/aromatic N) is 2. The van der Waals surface area contributed by atoms with Crippen molar-refractivity contribution in [3.63, 3.8) is 0 Å². The standard InChI is InChI=1S/C15H10Cl2N2OS/c16-11-6-12(17)8-13(7-11)19-9-21-15(19)18-14(20)10-4-2-1-3-5-10/h1-8H,9H2. The third kappa shape index (κ3) is 3.23. The molecular weight excluding hydrogens is 327 g/mol. The van der Waals surface area contributed by atoms with Crippen LogP contribution in [0.4, 0.5) is 5.69 Å². The zero-order chi connectivity index (χ0) is 14.8. The molecule has 2 aromatic rings. The molecule has 0 unspecified atom stereocenters. The molecule has 3 rings (SSSR count). The summed E-state index contributed by atoms with van der Waals surface area (Å²) < 4.78 is 0. The van der Waals surface area contributed by atoms with Gasteiger partial charge in [-0.15, -0.1) is 0 Å². The van der Waals surface area contributed by atoms with Crippen LogP contribution in [0.1, 0.15) is 10.4 Å². The summed E-state index contributed by atoms with van der Waals surface area (Å²) in [7, 11) is 0. The summed E-state index contributed by atoms with van der Waals surface area (Å²) in [5, 5.41) is 1.77. The quantitative estimate of drug-likeness (QED) is 0.796. The van der Waals surface area contributed by atoms with Gasteiger partial charge in [-0.3, -0.25) is 4.79 Å². The second-order valence-electron chi connectivity index (χ2n) is 4.39. The van der Waals surface area contributed by atoms with Gasteiger partial charge in [-0.25, -0.2) is 0 Å². The maximum atomic E-state index is 12.1. The minimum Gasteiger partial charge on any atom is -0.310 e. The van der Waals surface area contributed by atoms with Crippen molar-refractivity contribution in [1.82, 2.24) is 0 Å². The van der Waals surface area contributed by atoms with E-state index in [2.05, 4.69) is 4.99 Å². The first-order valence-electron chi connectivity index (χ1n) is 6.18. The Morgan fingerprint density at radius 1 is 1.10 bits per heavy atom. The topological polar surface area (TPSA) is 32.7 Å². The fourth-order valence-corrected chi connectivity index (χ4v) is 3.18. The fraction of sp³-hybridized carbons (Fsp3) is 0.0667. The lowest BCUT2D eigenvalue weighted by molar-refractivity contribution is 0.100. The lowest BCUT2D eigenvalue weighted by Crippen LogP contribution is -2.39. The van der Waals surface area contributed by atoms with Gasteiger partial charge < -0.3 is 4.90 Å². The van der Waals surface area contributed by atoms with Crippen LogP contribution in [-0.4, -0.2) is 17.0 Å². The van der Waals surface area contributed by atoms with Gasteiger partial charge in [0.15, 0.2) is 5.17 Å². The Bertz CT molecular complexity index is 699. The molecule has 3 nitrogen and oxygen atoms in total. The minimum atomic E-state index is -0.254. The predicted octanol–water partition coefficient (Wildman–Crippen LogP) is 4.70. The number of benzene rings is 2. The van der Waals surface area contributed by atoms with Crippen molar-refractivity contribution in [2.45, 2.75) is 0 Å². The van der Waals surface area contributed by atoms with Crippen LogP contribution in [-0.2, 0) is 0 Å². The Hall–Kier alpha value is -1.49. The van der Waals surface area contributed by atoms with Gasteiger partial charge in [0.1, 0.15) is 0 Å². The summed E-state index contributed by atoms with van der Waals surface area (Å²) in [6.07, 6.45) is 0. The number of hydrogen-bond donors (Lipinski definition) is 0. The number of amidine groups is 1. The third-order valence-electron chi connectivity index (χ3n) is 2.93. The number of anilines is 1. The van der Waals surface area contributed by atoms with Gasteiger partial charge >= 0.3 is 0 Å². The number of halogens is 2. The fourth-order valence-electron chi connectivity index (χ4n) is 1.89. The van der Waals surface area contributed by atoms with Crippen LogP contribution in [0.3, 0.4) is 0 Å². The number of carbonyl (C=O) groups is 1. The summed E-state index contributed by atoms with van der Waals surface area (Å²) in [5.41, 5.74) is 1.41. The summed E-state index contributed by atoms with van der Waals surface area (Å²) in [5.74, 6) is 0.466. The van der Waals surface area contributed by atoms with Crippen molar-refractivity contribution >= 4 is 51.7 Å². The van der Waals surface area contributed by atoms with Gasteiger partial charge in [0.25, 0.3) is 5.91 Å². The molecule has 0 aliphatic carbocycles. The SMILES string of the molecule is O=C(N=C1SCN1c1cc(Cl)cc(Cl)c1)c1ccccc1.